The Kier molecular flexibility index (Phi) is 3.91. The molecule has 1 heterocycles. The van der Waals surface area contributed by atoms with Crippen molar-refractivity contribution >= 4 is 27.7 Å². The van der Waals surface area contributed by atoms with E-state index in [1.165, 1.54) is 4.90 Å². The zero-order chi connectivity index (χ0) is 12.4. The van der Waals surface area contributed by atoms with Gasteiger partial charge in [-0.25, -0.2) is 4.98 Å². The molecule has 1 aromatic carbocycles. The summed E-state index contributed by atoms with van der Waals surface area (Å²) in [7, 11) is 1.98. The molecular weight excluding hydrogens is 298 g/mol. The fourth-order valence-corrected chi connectivity index (χ4v) is 2.86. The minimum atomic E-state index is 0.442. The van der Waals surface area contributed by atoms with Gasteiger partial charge in [0.15, 0.2) is 0 Å². The summed E-state index contributed by atoms with van der Waals surface area (Å²) in [5, 5.41) is 0. The first-order chi connectivity index (χ1) is 8.17. The molecule has 0 atom stereocenters. The lowest BCUT2D eigenvalue weighted by molar-refractivity contribution is 0.798. The van der Waals surface area contributed by atoms with Gasteiger partial charge in [-0.2, -0.15) is 0 Å². The zero-order valence-electron chi connectivity index (χ0n) is 9.77. The molecule has 0 amide bonds. The van der Waals surface area contributed by atoms with E-state index in [9.17, 15) is 0 Å². The van der Waals surface area contributed by atoms with Gasteiger partial charge in [0.1, 0.15) is 10.4 Å². The van der Waals surface area contributed by atoms with Crippen LogP contribution in [-0.2, 0) is 13.6 Å². The Bertz CT molecular complexity index is 519. The van der Waals surface area contributed by atoms with E-state index in [4.69, 9.17) is 5.73 Å². The maximum absolute atomic E-state index is 5.65. The highest BCUT2D eigenvalue weighted by molar-refractivity contribution is 9.10. The second-order valence-corrected chi connectivity index (χ2v) is 5.29. The van der Waals surface area contributed by atoms with Crippen molar-refractivity contribution in [2.75, 3.05) is 6.26 Å². The van der Waals surface area contributed by atoms with Crippen LogP contribution >= 0.6 is 27.7 Å². The number of hydrogen-bond acceptors (Lipinski definition) is 3. The number of imidazole rings is 1. The lowest BCUT2D eigenvalue weighted by Crippen LogP contribution is -2.05. The monoisotopic (exact) mass is 311 g/mol. The number of nitrogens with two attached hydrogens (primary N) is 1. The smallest absolute Gasteiger partial charge is 0.132 e. The van der Waals surface area contributed by atoms with E-state index in [2.05, 4.69) is 51.4 Å². The number of hydrogen-bond donors (Lipinski definition) is 1. The summed E-state index contributed by atoms with van der Waals surface area (Å²) in [6, 6.07) is 8.44. The number of halogens is 1. The highest BCUT2D eigenvalue weighted by atomic mass is 79.9. The number of rotatable bonds is 3. The minimum Gasteiger partial charge on any atom is -0.329 e. The molecule has 0 fully saturated rings. The maximum atomic E-state index is 5.65. The third kappa shape index (κ3) is 2.41. The Labute approximate surface area is 114 Å². The molecule has 2 N–H and O–H groups in total. The molecule has 2 rings (SSSR count). The maximum Gasteiger partial charge on any atom is 0.132 e. The van der Waals surface area contributed by atoms with Crippen LogP contribution in [0.1, 0.15) is 5.82 Å². The van der Waals surface area contributed by atoms with Crippen LogP contribution in [0.5, 0.6) is 0 Å². The second-order valence-electron chi connectivity index (χ2n) is 3.66. The largest absolute Gasteiger partial charge is 0.329 e. The molecule has 0 radical (unpaired) electrons. The topological polar surface area (TPSA) is 43.8 Å². The van der Waals surface area contributed by atoms with Crippen molar-refractivity contribution in [3.63, 3.8) is 0 Å². The molecule has 17 heavy (non-hydrogen) atoms. The first-order valence-corrected chi connectivity index (χ1v) is 7.24. The van der Waals surface area contributed by atoms with Crippen LogP contribution in [0.25, 0.3) is 11.3 Å². The number of aromatic nitrogens is 2. The van der Waals surface area contributed by atoms with Crippen molar-refractivity contribution in [1.82, 2.24) is 9.55 Å². The van der Waals surface area contributed by atoms with Gasteiger partial charge in [-0.1, -0.05) is 12.1 Å². The van der Waals surface area contributed by atoms with E-state index < -0.39 is 0 Å². The molecule has 0 bridgehead atoms. The van der Waals surface area contributed by atoms with Crippen molar-refractivity contribution in [3.05, 3.63) is 34.7 Å². The summed E-state index contributed by atoms with van der Waals surface area (Å²) >= 11 is 5.23. The summed E-state index contributed by atoms with van der Waals surface area (Å²) < 4.78 is 2.87. The predicted octanol–water partition coefficient (Wildman–Crippen LogP) is 3.03. The van der Waals surface area contributed by atoms with Gasteiger partial charge in [0.05, 0.1) is 12.2 Å². The molecule has 0 unspecified atom stereocenters. The van der Waals surface area contributed by atoms with Crippen LogP contribution < -0.4 is 5.73 Å². The van der Waals surface area contributed by atoms with Crippen LogP contribution in [0.4, 0.5) is 0 Å². The second kappa shape index (κ2) is 5.25. The van der Waals surface area contributed by atoms with Crippen molar-refractivity contribution < 1.29 is 0 Å². The van der Waals surface area contributed by atoms with Gasteiger partial charge < -0.3 is 10.3 Å². The Hall–Kier alpha value is -0.780. The van der Waals surface area contributed by atoms with Crippen molar-refractivity contribution in [1.29, 1.82) is 0 Å². The molecule has 0 aliphatic heterocycles. The average Bonchev–Trinajstić information content (AvgIpc) is 2.64. The number of nitrogens with zero attached hydrogens (tertiary/aromatic N) is 2. The van der Waals surface area contributed by atoms with Crippen LogP contribution in [0.3, 0.4) is 0 Å². The van der Waals surface area contributed by atoms with Gasteiger partial charge in [0.25, 0.3) is 0 Å². The van der Waals surface area contributed by atoms with Crippen LogP contribution in [-0.4, -0.2) is 15.8 Å². The standard InChI is InChI=1S/C12H14BrN3S/c1-16-10(7-14)15-12(13)11(16)8-3-5-9(17-2)6-4-8/h3-6H,7,14H2,1-2H3. The first-order valence-electron chi connectivity index (χ1n) is 5.23. The van der Waals surface area contributed by atoms with Gasteiger partial charge in [-0.15, -0.1) is 11.8 Å². The van der Waals surface area contributed by atoms with E-state index in [0.29, 0.717) is 6.54 Å². The SMILES string of the molecule is CSc1ccc(-c2c(Br)nc(CN)n2C)cc1. The number of benzene rings is 1. The number of thioether (sulfide) groups is 1. The van der Waals surface area contributed by atoms with Crippen LogP contribution in [0.15, 0.2) is 33.8 Å². The van der Waals surface area contributed by atoms with Gasteiger partial charge in [0, 0.05) is 17.5 Å². The Balaban J connectivity index is 2.48. The van der Waals surface area contributed by atoms with Crippen molar-refractivity contribution in [3.8, 4) is 11.3 Å². The van der Waals surface area contributed by atoms with E-state index in [1.54, 1.807) is 11.8 Å². The average molecular weight is 312 g/mol. The molecule has 2 aromatic rings. The van der Waals surface area contributed by atoms with E-state index in [0.717, 1.165) is 21.7 Å². The Morgan fingerprint density at radius 2 is 2.00 bits per heavy atom. The molecule has 90 valence electrons. The molecule has 3 nitrogen and oxygen atoms in total. The third-order valence-corrected chi connectivity index (χ3v) is 3.99. The molecule has 0 spiro atoms. The van der Waals surface area contributed by atoms with Crippen molar-refractivity contribution in [2.24, 2.45) is 12.8 Å². The van der Waals surface area contributed by atoms with E-state index in [1.807, 2.05) is 11.6 Å². The van der Waals surface area contributed by atoms with E-state index in [-0.39, 0.29) is 0 Å². The molecule has 0 saturated carbocycles. The van der Waals surface area contributed by atoms with Crippen LogP contribution in [0.2, 0.25) is 0 Å². The van der Waals surface area contributed by atoms with Gasteiger partial charge in [0.2, 0.25) is 0 Å². The zero-order valence-corrected chi connectivity index (χ0v) is 12.2. The summed E-state index contributed by atoms with van der Waals surface area (Å²) in [6.45, 7) is 0.442. The lowest BCUT2D eigenvalue weighted by Gasteiger charge is -2.06. The normalized spacial score (nSPS) is 10.8. The van der Waals surface area contributed by atoms with Gasteiger partial charge in [-0.05, 0) is 34.3 Å². The third-order valence-electron chi connectivity index (χ3n) is 2.69. The fourth-order valence-electron chi connectivity index (χ4n) is 1.75. The first kappa shape index (κ1) is 12.7. The molecule has 0 saturated heterocycles. The van der Waals surface area contributed by atoms with Gasteiger partial charge in [-0.3, -0.25) is 0 Å². The van der Waals surface area contributed by atoms with Gasteiger partial charge >= 0.3 is 0 Å². The molecule has 0 aliphatic carbocycles. The highest BCUT2D eigenvalue weighted by Crippen LogP contribution is 2.29. The van der Waals surface area contributed by atoms with E-state index >= 15 is 0 Å². The lowest BCUT2D eigenvalue weighted by atomic mass is 10.2. The Morgan fingerprint density at radius 3 is 2.47 bits per heavy atom. The van der Waals surface area contributed by atoms with Crippen molar-refractivity contribution in [2.45, 2.75) is 11.4 Å². The molecular formula is C12H14BrN3S. The van der Waals surface area contributed by atoms with Crippen LogP contribution in [0, 0.1) is 0 Å². The summed E-state index contributed by atoms with van der Waals surface area (Å²) in [4.78, 5) is 5.65. The highest BCUT2D eigenvalue weighted by Gasteiger charge is 2.13. The predicted molar refractivity (Wildman–Crippen MR) is 76.0 cm³/mol. The minimum absolute atomic E-state index is 0.442. The summed E-state index contributed by atoms with van der Waals surface area (Å²) in [5.74, 6) is 0.876. The molecule has 1 aromatic heterocycles. The molecule has 5 heteroatoms. The Morgan fingerprint density at radius 1 is 1.35 bits per heavy atom. The summed E-state index contributed by atoms with van der Waals surface area (Å²) in [6.07, 6.45) is 2.07. The summed E-state index contributed by atoms with van der Waals surface area (Å²) in [5.41, 5.74) is 7.86. The molecule has 0 aliphatic rings. The quantitative estimate of drug-likeness (QED) is 0.886. The fraction of sp³-hybridized carbons (Fsp3) is 0.250.